The number of methoxy groups -OCH3 is 1. The van der Waals surface area contributed by atoms with Crippen LogP contribution in [0.1, 0.15) is 45.9 Å². The van der Waals surface area contributed by atoms with Crippen molar-refractivity contribution in [2.45, 2.75) is 44.9 Å². The number of aryl methyl sites for hydroxylation is 1. The van der Waals surface area contributed by atoms with Crippen molar-refractivity contribution in [1.29, 1.82) is 0 Å². The standard InChI is InChI=1S/C25H28F2N2O4/c1-15-11-22(32-2)20(19-7-9-28-24(15)19)13-29-10-8-18(33-14-23(26)27)12-21(29)16-3-5-17(6-4-16)25(30)31/h3-7,9,11,18,21,23,28H,8,10,12-14H2,1-2H3,(H,30,31)/t18-,21-/m0/s1. The molecule has 2 atom stereocenters. The van der Waals surface area contributed by atoms with Gasteiger partial charge < -0.3 is 19.6 Å². The highest BCUT2D eigenvalue weighted by Crippen LogP contribution is 2.38. The summed E-state index contributed by atoms with van der Waals surface area (Å²) in [5.41, 5.74) is 4.35. The number of aromatic amines is 1. The molecule has 33 heavy (non-hydrogen) atoms. The zero-order valence-electron chi connectivity index (χ0n) is 18.7. The van der Waals surface area contributed by atoms with Gasteiger partial charge in [-0.15, -0.1) is 0 Å². The third-order valence-electron chi connectivity index (χ3n) is 6.36. The summed E-state index contributed by atoms with van der Waals surface area (Å²) < 4.78 is 36.6. The number of halogens is 2. The van der Waals surface area contributed by atoms with E-state index >= 15 is 0 Å². The number of nitrogens with one attached hydrogen (secondary N) is 1. The van der Waals surface area contributed by atoms with Gasteiger partial charge >= 0.3 is 5.97 Å². The highest BCUT2D eigenvalue weighted by atomic mass is 19.3. The molecule has 1 aliphatic rings. The molecule has 4 rings (SSSR count). The SMILES string of the molecule is COc1cc(C)c2[nH]ccc2c1CN1CC[C@H](OCC(F)F)C[C@H]1c1ccc(C(=O)O)cc1. The molecule has 1 fully saturated rings. The number of nitrogens with zero attached hydrogens (tertiary/aromatic N) is 1. The van der Waals surface area contributed by atoms with Gasteiger partial charge in [0.05, 0.1) is 18.8 Å². The van der Waals surface area contributed by atoms with Crippen molar-refractivity contribution in [2.24, 2.45) is 0 Å². The second-order valence-electron chi connectivity index (χ2n) is 8.42. The van der Waals surface area contributed by atoms with Crippen LogP contribution in [0.3, 0.4) is 0 Å². The van der Waals surface area contributed by atoms with Crippen LogP contribution in [0.15, 0.2) is 42.6 Å². The largest absolute Gasteiger partial charge is 0.496 e. The summed E-state index contributed by atoms with van der Waals surface area (Å²) in [4.78, 5) is 16.9. The van der Waals surface area contributed by atoms with Crippen molar-refractivity contribution in [3.8, 4) is 5.75 Å². The monoisotopic (exact) mass is 458 g/mol. The van der Waals surface area contributed by atoms with Crippen molar-refractivity contribution >= 4 is 16.9 Å². The fourth-order valence-electron chi connectivity index (χ4n) is 4.71. The predicted molar refractivity (Wildman–Crippen MR) is 121 cm³/mol. The maximum absolute atomic E-state index is 12.7. The number of piperidine rings is 1. The van der Waals surface area contributed by atoms with Gasteiger partial charge in [0.2, 0.25) is 0 Å². The molecule has 6 nitrogen and oxygen atoms in total. The Balaban J connectivity index is 1.66. The van der Waals surface area contributed by atoms with E-state index in [2.05, 4.69) is 9.88 Å². The van der Waals surface area contributed by atoms with Gasteiger partial charge in [-0.2, -0.15) is 0 Å². The molecular weight excluding hydrogens is 430 g/mol. The molecule has 0 aliphatic carbocycles. The van der Waals surface area contributed by atoms with E-state index in [9.17, 15) is 18.7 Å². The summed E-state index contributed by atoms with van der Waals surface area (Å²) in [6.45, 7) is 2.71. The van der Waals surface area contributed by atoms with Gasteiger partial charge in [-0.25, -0.2) is 13.6 Å². The topological polar surface area (TPSA) is 74.8 Å². The lowest BCUT2D eigenvalue weighted by molar-refractivity contribution is -0.0603. The second-order valence-corrected chi connectivity index (χ2v) is 8.42. The molecule has 1 aliphatic heterocycles. The lowest BCUT2D eigenvalue weighted by Gasteiger charge is -2.40. The summed E-state index contributed by atoms with van der Waals surface area (Å²) in [6, 6.07) is 10.7. The van der Waals surface area contributed by atoms with E-state index in [-0.39, 0.29) is 17.7 Å². The molecule has 0 saturated carbocycles. The maximum atomic E-state index is 12.7. The van der Waals surface area contributed by atoms with Crippen LogP contribution in [0, 0.1) is 6.92 Å². The molecule has 0 bridgehead atoms. The summed E-state index contributed by atoms with van der Waals surface area (Å²) in [7, 11) is 1.66. The van der Waals surface area contributed by atoms with Crippen molar-refractivity contribution in [3.63, 3.8) is 0 Å². The number of rotatable bonds is 8. The summed E-state index contributed by atoms with van der Waals surface area (Å²) >= 11 is 0. The summed E-state index contributed by atoms with van der Waals surface area (Å²) in [6.07, 6.45) is 0.305. The third-order valence-corrected chi connectivity index (χ3v) is 6.36. The number of aromatic nitrogens is 1. The first-order valence-electron chi connectivity index (χ1n) is 11.0. The minimum Gasteiger partial charge on any atom is -0.496 e. The van der Waals surface area contributed by atoms with Gasteiger partial charge in [-0.05, 0) is 55.2 Å². The third kappa shape index (κ3) is 5.02. The van der Waals surface area contributed by atoms with Crippen LogP contribution in [0.2, 0.25) is 0 Å². The normalized spacial score (nSPS) is 19.3. The van der Waals surface area contributed by atoms with Gasteiger partial charge in [0.1, 0.15) is 12.4 Å². The Morgan fingerprint density at radius 2 is 2.03 bits per heavy atom. The second kappa shape index (κ2) is 9.89. The Morgan fingerprint density at radius 1 is 1.27 bits per heavy atom. The predicted octanol–water partition coefficient (Wildman–Crippen LogP) is 5.17. The molecule has 0 unspecified atom stereocenters. The van der Waals surface area contributed by atoms with Crippen LogP contribution in [0.4, 0.5) is 8.78 Å². The van der Waals surface area contributed by atoms with E-state index in [0.717, 1.165) is 33.3 Å². The number of carboxylic acids is 1. The number of benzene rings is 2. The molecule has 2 heterocycles. The van der Waals surface area contributed by atoms with Crippen molar-refractivity contribution in [2.75, 3.05) is 20.3 Å². The number of alkyl halides is 2. The van der Waals surface area contributed by atoms with E-state index in [1.807, 2.05) is 25.3 Å². The number of fused-ring (bicyclic) bond motifs is 1. The zero-order chi connectivity index (χ0) is 23.5. The van der Waals surface area contributed by atoms with E-state index in [1.54, 1.807) is 31.4 Å². The lowest BCUT2D eigenvalue weighted by Crippen LogP contribution is -2.40. The van der Waals surface area contributed by atoms with Crippen molar-refractivity contribution in [3.05, 3.63) is 64.8 Å². The summed E-state index contributed by atoms with van der Waals surface area (Å²) in [5, 5.41) is 10.3. The Hall–Kier alpha value is -2.97. The molecule has 8 heteroatoms. The van der Waals surface area contributed by atoms with E-state index < -0.39 is 19.0 Å². The highest BCUT2D eigenvalue weighted by Gasteiger charge is 2.32. The van der Waals surface area contributed by atoms with Crippen LogP contribution in [-0.4, -0.2) is 53.8 Å². The number of hydrogen-bond donors (Lipinski definition) is 2. The van der Waals surface area contributed by atoms with Crippen LogP contribution < -0.4 is 4.74 Å². The fourth-order valence-corrected chi connectivity index (χ4v) is 4.71. The molecule has 3 aromatic rings. The van der Waals surface area contributed by atoms with Gasteiger partial charge in [0, 0.05) is 41.8 Å². The van der Waals surface area contributed by atoms with Crippen LogP contribution in [-0.2, 0) is 11.3 Å². The fraction of sp³-hybridized carbons (Fsp3) is 0.400. The first kappa shape index (κ1) is 23.2. The molecule has 176 valence electrons. The average molecular weight is 459 g/mol. The first-order valence-corrected chi connectivity index (χ1v) is 11.0. The Bertz CT molecular complexity index is 1110. The number of hydrogen-bond acceptors (Lipinski definition) is 4. The zero-order valence-corrected chi connectivity index (χ0v) is 18.7. The van der Waals surface area contributed by atoms with Crippen LogP contribution in [0.25, 0.3) is 10.9 Å². The molecule has 0 amide bonds. The van der Waals surface area contributed by atoms with Gasteiger partial charge in [0.25, 0.3) is 6.43 Å². The number of aromatic carboxylic acids is 1. The van der Waals surface area contributed by atoms with Crippen molar-refractivity contribution in [1.82, 2.24) is 9.88 Å². The van der Waals surface area contributed by atoms with E-state index in [1.165, 1.54) is 0 Å². The number of likely N-dealkylation sites (tertiary alicyclic amines) is 1. The summed E-state index contributed by atoms with van der Waals surface area (Å²) in [5.74, 6) is -0.185. The molecule has 1 aromatic heterocycles. The average Bonchev–Trinajstić information content (AvgIpc) is 3.30. The molecule has 0 spiro atoms. The minimum absolute atomic E-state index is 0.107. The quantitative estimate of drug-likeness (QED) is 0.487. The smallest absolute Gasteiger partial charge is 0.335 e. The molecule has 1 saturated heterocycles. The number of carbonyl (C=O) groups is 1. The molecule has 2 aromatic carbocycles. The minimum atomic E-state index is -2.50. The van der Waals surface area contributed by atoms with Crippen LogP contribution >= 0.6 is 0 Å². The van der Waals surface area contributed by atoms with Crippen LogP contribution in [0.5, 0.6) is 5.75 Å². The highest BCUT2D eigenvalue weighted by molar-refractivity contribution is 5.88. The van der Waals surface area contributed by atoms with Crippen molar-refractivity contribution < 1.29 is 28.2 Å². The number of carboxylic acid groups (broad SMARTS) is 1. The maximum Gasteiger partial charge on any atom is 0.335 e. The van der Waals surface area contributed by atoms with Gasteiger partial charge in [-0.3, -0.25) is 4.90 Å². The molecule has 2 N–H and O–H groups in total. The molecular formula is C25H28F2N2O4. The Kier molecular flexibility index (Phi) is 6.95. The number of H-pyrrole nitrogens is 1. The number of ether oxygens (including phenoxy) is 2. The molecule has 0 radical (unpaired) electrons. The first-order chi connectivity index (χ1) is 15.9. The van der Waals surface area contributed by atoms with E-state index in [0.29, 0.717) is 25.9 Å². The van der Waals surface area contributed by atoms with Gasteiger partial charge in [-0.1, -0.05) is 12.1 Å². The Labute approximate surface area is 191 Å². The lowest BCUT2D eigenvalue weighted by atomic mass is 9.91. The van der Waals surface area contributed by atoms with E-state index in [4.69, 9.17) is 9.47 Å². The Morgan fingerprint density at radius 3 is 2.70 bits per heavy atom. The van der Waals surface area contributed by atoms with Gasteiger partial charge in [0.15, 0.2) is 0 Å².